The summed E-state index contributed by atoms with van der Waals surface area (Å²) in [6.45, 7) is 3.05. The minimum Gasteiger partial charge on any atom is -0.312 e. The Morgan fingerprint density at radius 3 is 2.42 bits per heavy atom. The van der Waals surface area contributed by atoms with Gasteiger partial charge in [0.1, 0.15) is 9.84 Å². The molecule has 1 aromatic heterocycles. The topological polar surface area (TPSA) is 64.0 Å². The summed E-state index contributed by atoms with van der Waals surface area (Å²) in [7, 11) is -2.97. The van der Waals surface area contributed by atoms with Crippen LogP contribution in [0.3, 0.4) is 0 Å². The summed E-state index contributed by atoms with van der Waals surface area (Å²) in [6.07, 6.45) is 3.26. The lowest BCUT2D eigenvalue weighted by molar-refractivity contribution is 0.596. The van der Waals surface area contributed by atoms with Crippen LogP contribution in [0.2, 0.25) is 0 Å². The smallest absolute Gasteiger partial charge is 0.148 e. The molecule has 1 heterocycles. The van der Waals surface area contributed by atoms with Crippen LogP contribution in [0.4, 0.5) is 0 Å². The molecule has 0 aliphatic carbocycles. The first-order valence-corrected chi connectivity index (χ1v) is 10.6. The SMILES string of the molecule is Cc1ccccc1-c1nn(-c2ccccc2)cc1CNCCS(C)(=O)=O. The Kier molecular flexibility index (Phi) is 5.54. The molecule has 3 aromatic rings. The van der Waals surface area contributed by atoms with Crippen LogP contribution in [-0.2, 0) is 16.4 Å². The predicted molar refractivity (Wildman–Crippen MR) is 105 cm³/mol. The second kappa shape index (κ2) is 7.85. The highest BCUT2D eigenvalue weighted by Crippen LogP contribution is 2.26. The van der Waals surface area contributed by atoms with E-state index in [4.69, 9.17) is 5.10 Å². The molecule has 0 amide bonds. The maximum Gasteiger partial charge on any atom is 0.148 e. The number of para-hydroxylation sites is 1. The van der Waals surface area contributed by atoms with Crippen LogP contribution in [0.25, 0.3) is 16.9 Å². The third-order valence-corrected chi connectivity index (χ3v) is 5.12. The van der Waals surface area contributed by atoms with Crippen molar-refractivity contribution in [1.82, 2.24) is 15.1 Å². The minimum absolute atomic E-state index is 0.125. The first kappa shape index (κ1) is 18.4. The van der Waals surface area contributed by atoms with Gasteiger partial charge in [-0.3, -0.25) is 0 Å². The molecule has 1 N–H and O–H groups in total. The Bertz CT molecular complexity index is 979. The van der Waals surface area contributed by atoms with E-state index in [0.717, 1.165) is 28.1 Å². The van der Waals surface area contributed by atoms with Gasteiger partial charge >= 0.3 is 0 Å². The summed E-state index contributed by atoms with van der Waals surface area (Å²) in [5.41, 5.74) is 5.19. The molecule has 5 nitrogen and oxygen atoms in total. The number of aryl methyl sites for hydroxylation is 1. The van der Waals surface area contributed by atoms with E-state index >= 15 is 0 Å². The van der Waals surface area contributed by atoms with Crippen LogP contribution < -0.4 is 5.32 Å². The van der Waals surface area contributed by atoms with Crippen LogP contribution >= 0.6 is 0 Å². The monoisotopic (exact) mass is 369 g/mol. The van der Waals surface area contributed by atoms with Gasteiger partial charge in [0.05, 0.1) is 17.1 Å². The normalized spacial score (nSPS) is 11.6. The highest BCUT2D eigenvalue weighted by atomic mass is 32.2. The van der Waals surface area contributed by atoms with Crippen molar-refractivity contribution in [2.24, 2.45) is 0 Å². The van der Waals surface area contributed by atoms with Crippen molar-refractivity contribution in [1.29, 1.82) is 0 Å². The molecule has 0 aliphatic heterocycles. The van der Waals surface area contributed by atoms with Gasteiger partial charge in [0.2, 0.25) is 0 Å². The van der Waals surface area contributed by atoms with Gasteiger partial charge in [-0.15, -0.1) is 0 Å². The molecule has 26 heavy (non-hydrogen) atoms. The van der Waals surface area contributed by atoms with E-state index in [1.54, 1.807) is 0 Å². The third-order valence-electron chi connectivity index (χ3n) is 4.18. The molecule has 2 aromatic carbocycles. The number of nitrogens with one attached hydrogen (secondary N) is 1. The van der Waals surface area contributed by atoms with Crippen molar-refractivity contribution >= 4 is 9.84 Å². The molecule has 6 heteroatoms. The summed E-state index contributed by atoms with van der Waals surface area (Å²) in [5.74, 6) is 0.125. The van der Waals surface area contributed by atoms with Gasteiger partial charge in [0.15, 0.2) is 0 Å². The van der Waals surface area contributed by atoms with Gasteiger partial charge in [-0.25, -0.2) is 13.1 Å². The van der Waals surface area contributed by atoms with Gasteiger partial charge in [-0.2, -0.15) is 5.10 Å². The molecule has 0 unspecified atom stereocenters. The second-order valence-electron chi connectivity index (χ2n) is 6.40. The molecule has 136 valence electrons. The van der Waals surface area contributed by atoms with Crippen LogP contribution in [0.15, 0.2) is 60.8 Å². The van der Waals surface area contributed by atoms with Gasteiger partial charge in [0.25, 0.3) is 0 Å². The Labute approximate surface area is 154 Å². The Morgan fingerprint density at radius 1 is 1.04 bits per heavy atom. The number of nitrogens with zero attached hydrogens (tertiary/aromatic N) is 2. The maximum absolute atomic E-state index is 11.3. The summed E-state index contributed by atoms with van der Waals surface area (Å²) in [4.78, 5) is 0. The summed E-state index contributed by atoms with van der Waals surface area (Å²) < 4.78 is 24.5. The molecule has 0 saturated carbocycles. The van der Waals surface area contributed by atoms with Gasteiger partial charge < -0.3 is 5.32 Å². The standard InChI is InChI=1S/C20H23N3O2S/c1-16-8-6-7-11-19(16)20-17(14-21-12-13-26(2,24)25)15-23(22-20)18-9-4-3-5-10-18/h3-11,15,21H,12-14H2,1-2H3. The molecule has 0 radical (unpaired) electrons. The molecule has 0 saturated heterocycles. The zero-order valence-corrected chi connectivity index (χ0v) is 15.8. The highest BCUT2D eigenvalue weighted by Gasteiger charge is 2.14. The largest absolute Gasteiger partial charge is 0.312 e. The molecule has 3 rings (SSSR count). The molecular weight excluding hydrogens is 346 g/mol. The summed E-state index contributed by atoms with van der Waals surface area (Å²) >= 11 is 0. The van der Waals surface area contributed by atoms with Gasteiger partial charge in [-0.1, -0.05) is 42.5 Å². The van der Waals surface area contributed by atoms with E-state index in [1.807, 2.05) is 53.3 Å². The van der Waals surface area contributed by atoms with E-state index in [9.17, 15) is 8.42 Å². The Morgan fingerprint density at radius 2 is 1.73 bits per heavy atom. The van der Waals surface area contributed by atoms with E-state index in [-0.39, 0.29) is 5.75 Å². The predicted octanol–water partition coefficient (Wildman–Crippen LogP) is 2.98. The van der Waals surface area contributed by atoms with Crippen LogP contribution in [0, 0.1) is 6.92 Å². The fourth-order valence-electron chi connectivity index (χ4n) is 2.80. The van der Waals surface area contributed by atoms with E-state index in [2.05, 4.69) is 24.4 Å². The number of hydrogen-bond donors (Lipinski definition) is 1. The van der Waals surface area contributed by atoms with E-state index in [0.29, 0.717) is 13.1 Å². The number of benzene rings is 2. The zero-order chi connectivity index (χ0) is 18.6. The van der Waals surface area contributed by atoms with E-state index in [1.165, 1.54) is 6.26 Å². The molecule has 0 aliphatic rings. The number of hydrogen-bond acceptors (Lipinski definition) is 4. The molecular formula is C20H23N3O2S. The van der Waals surface area contributed by atoms with Crippen molar-refractivity contribution in [3.63, 3.8) is 0 Å². The van der Waals surface area contributed by atoms with Crippen LogP contribution in [-0.4, -0.2) is 36.8 Å². The quantitative estimate of drug-likeness (QED) is 0.650. The van der Waals surface area contributed by atoms with Crippen LogP contribution in [0.1, 0.15) is 11.1 Å². The number of rotatable bonds is 7. The lowest BCUT2D eigenvalue weighted by Gasteiger charge is -2.07. The first-order valence-electron chi connectivity index (χ1n) is 8.52. The van der Waals surface area contributed by atoms with Gasteiger partial charge in [-0.05, 0) is 24.6 Å². The minimum atomic E-state index is -2.97. The number of sulfone groups is 1. The average molecular weight is 369 g/mol. The van der Waals surface area contributed by atoms with Crippen molar-refractivity contribution in [3.8, 4) is 16.9 Å². The number of aromatic nitrogens is 2. The Hall–Kier alpha value is -2.44. The zero-order valence-electron chi connectivity index (χ0n) is 15.0. The molecule has 0 spiro atoms. The molecule has 0 fully saturated rings. The lowest BCUT2D eigenvalue weighted by Crippen LogP contribution is -2.22. The second-order valence-corrected chi connectivity index (χ2v) is 8.66. The van der Waals surface area contributed by atoms with Crippen molar-refractivity contribution in [2.75, 3.05) is 18.6 Å². The summed E-state index contributed by atoms with van der Waals surface area (Å²) in [5, 5.41) is 8.02. The maximum atomic E-state index is 11.3. The fourth-order valence-corrected chi connectivity index (χ4v) is 3.31. The van der Waals surface area contributed by atoms with Crippen molar-refractivity contribution < 1.29 is 8.42 Å². The van der Waals surface area contributed by atoms with Crippen molar-refractivity contribution in [2.45, 2.75) is 13.5 Å². The third kappa shape index (κ3) is 4.59. The molecule has 0 bridgehead atoms. The molecule has 0 atom stereocenters. The highest BCUT2D eigenvalue weighted by molar-refractivity contribution is 7.90. The van der Waals surface area contributed by atoms with E-state index < -0.39 is 9.84 Å². The average Bonchev–Trinajstić information content (AvgIpc) is 3.03. The lowest BCUT2D eigenvalue weighted by atomic mass is 10.0. The van der Waals surface area contributed by atoms with Gasteiger partial charge in [0, 0.05) is 36.7 Å². The fraction of sp³-hybridized carbons (Fsp3) is 0.250. The first-order chi connectivity index (χ1) is 12.4. The Balaban J connectivity index is 1.91. The van der Waals surface area contributed by atoms with Crippen LogP contribution in [0.5, 0.6) is 0 Å². The summed E-state index contributed by atoms with van der Waals surface area (Å²) in [6, 6.07) is 18.1. The van der Waals surface area contributed by atoms with Crippen molar-refractivity contribution in [3.05, 3.63) is 71.9 Å².